The number of carbonyl (C=O) groups is 3. The summed E-state index contributed by atoms with van der Waals surface area (Å²) in [6, 6.07) is 12.6. The summed E-state index contributed by atoms with van der Waals surface area (Å²) in [4.78, 5) is 35.3. The van der Waals surface area contributed by atoms with Gasteiger partial charge in [-0.3, -0.25) is 4.79 Å². The molecule has 0 aliphatic rings. The quantitative estimate of drug-likeness (QED) is 0.211. The van der Waals surface area contributed by atoms with Crippen molar-refractivity contribution in [2.24, 2.45) is 5.92 Å². The molecule has 0 aromatic heterocycles. The predicted octanol–water partition coefficient (Wildman–Crippen LogP) is 3.69. The van der Waals surface area contributed by atoms with Gasteiger partial charge >= 0.3 is 17.9 Å². The molecule has 0 bridgehead atoms. The van der Waals surface area contributed by atoms with E-state index in [4.69, 9.17) is 23.7 Å². The normalized spacial score (nSPS) is 11.4. The topological polar surface area (TPSA) is 107 Å². The van der Waals surface area contributed by atoms with Crippen LogP contribution >= 0.6 is 0 Å². The van der Waals surface area contributed by atoms with Crippen LogP contribution in [0.1, 0.15) is 41.0 Å². The lowest BCUT2D eigenvalue weighted by Gasteiger charge is -2.10. The summed E-state index contributed by atoms with van der Waals surface area (Å²) in [5.74, 6) is -0.388. The molecule has 0 saturated carbocycles. The summed E-state index contributed by atoms with van der Waals surface area (Å²) < 4.78 is 31.4. The van der Waals surface area contributed by atoms with Gasteiger partial charge in [-0.1, -0.05) is 13.8 Å². The molecule has 0 saturated heterocycles. The number of ether oxygens (including phenoxy) is 6. The fourth-order valence-corrected chi connectivity index (χ4v) is 2.68. The molecule has 2 aromatic rings. The highest BCUT2D eigenvalue weighted by Gasteiger charge is 2.12. The highest BCUT2D eigenvalue weighted by Crippen LogP contribution is 2.17. The molecule has 2 aromatic carbocycles. The monoisotopic (exact) mass is 488 g/mol. The van der Waals surface area contributed by atoms with Crippen molar-refractivity contribution in [3.05, 3.63) is 59.7 Å². The van der Waals surface area contributed by atoms with Gasteiger partial charge in [0, 0.05) is 0 Å². The molecular weight excluding hydrogens is 456 g/mol. The summed E-state index contributed by atoms with van der Waals surface area (Å²) in [6.45, 7) is 5.83. The third-order valence-electron chi connectivity index (χ3n) is 4.93. The van der Waals surface area contributed by atoms with Crippen molar-refractivity contribution in [2.75, 3.05) is 46.8 Å². The molecule has 0 aliphatic carbocycles. The van der Waals surface area contributed by atoms with E-state index in [0.29, 0.717) is 55.7 Å². The molecule has 0 spiro atoms. The molecule has 190 valence electrons. The fraction of sp³-hybridized carbons (Fsp3) is 0.423. The molecule has 0 heterocycles. The molecule has 9 heteroatoms. The minimum Gasteiger partial charge on any atom is -0.491 e. The molecule has 1 atom stereocenters. The Labute approximate surface area is 205 Å². The standard InChI is InChI=1S/C26H32O9/c1-4-19(2)24(27)34-18-16-32-14-13-31-15-17-33-22-9-5-21(6-10-22)26(29)35-23-11-7-20(8-12-23)25(28)30-3/h5-12,19H,4,13-18H2,1-3H3. The van der Waals surface area contributed by atoms with Gasteiger partial charge in [-0.25, -0.2) is 9.59 Å². The van der Waals surface area contributed by atoms with Crippen molar-refractivity contribution in [1.29, 1.82) is 0 Å². The fourth-order valence-electron chi connectivity index (χ4n) is 2.68. The van der Waals surface area contributed by atoms with Crippen LogP contribution in [-0.2, 0) is 23.7 Å². The Bertz CT molecular complexity index is 923. The molecule has 0 aliphatic heterocycles. The van der Waals surface area contributed by atoms with Crippen LogP contribution in [0.25, 0.3) is 0 Å². The Hall–Kier alpha value is -3.43. The summed E-state index contributed by atoms with van der Waals surface area (Å²) in [5, 5.41) is 0. The third-order valence-corrected chi connectivity index (χ3v) is 4.93. The summed E-state index contributed by atoms with van der Waals surface area (Å²) in [6.07, 6.45) is 0.752. The molecule has 0 N–H and O–H groups in total. The minimum atomic E-state index is -0.527. The van der Waals surface area contributed by atoms with E-state index in [9.17, 15) is 14.4 Å². The van der Waals surface area contributed by atoms with Crippen LogP contribution < -0.4 is 9.47 Å². The van der Waals surface area contributed by atoms with Gasteiger partial charge in [0.1, 0.15) is 24.7 Å². The molecule has 0 radical (unpaired) electrons. The molecule has 35 heavy (non-hydrogen) atoms. The van der Waals surface area contributed by atoms with Crippen LogP contribution in [-0.4, -0.2) is 64.7 Å². The first-order valence-corrected chi connectivity index (χ1v) is 11.4. The van der Waals surface area contributed by atoms with E-state index in [1.807, 2.05) is 13.8 Å². The molecule has 0 amide bonds. The Morgan fingerprint density at radius 2 is 1.23 bits per heavy atom. The van der Waals surface area contributed by atoms with E-state index in [1.165, 1.54) is 31.4 Å². The average Bonchev–Trinajstić information content (AvgIpc) is 2.89. The lowest BCUT2D eigenvalue weighted by atomic mass is 10.1. The summed E-state index contributed by atoms with van der Waals surface area (Å²) in [7, 11) is 1.30. The number of hydrogen-bond donors (Lipinski definition) is 0. The van der Waals surface area contributed by atoms with E-state index in [-0.39, 0.29) is 18.5 Å². The van der Waals surface area contributed by atoms with Crippen LogP contribution in [0, 0.1) is 5.92 Å². The van der Waals surface area contributed by atoms with E-state index in [1.54, 1.807) is 24.3 Å². The van der Waals surface area contributed by atoms with Crippen LogP contribution in [0.15, 0.2) is 48.5 Å². The first kappa shape index (κ1) is 27.8. The Morgan fingerprint density at radius 1 is 0.714 bits per heavy atom. The summed E-state index contributed by atoms with van der Waals surface area (Å²) >= 11 is 0. The van der Waals surface area contributed by atoms with Crippen molar-refractivity contribution in [3.63, 3.8) is 0 Å². The zero-order chi connectivity index (χ0) is 25.5. The van der Waals surface area contributed by atoms with Crippen molar-refractivity contribution in [3.8, 4) is 11.5 Å². The molecule has 9 nitrogen and oxygen atoms in total. The SMILES string of the molecule is CCC(C)C(=O)OCCOCCOCCOc1ccc(C(=O)Oc2ccc(C(=O)OC)cc2)cc1. The second-order valence-electron chi connectivity index (χ2n) is 7.48. The van der Waals surface area contributed by atoms with Gasteiger partial charge in [-0.05, 0) is 55.0 Å². The van der Waals surface area contributed by atoms with Gasteiger partial charge in [-0.2, -0.15) is 0 Å². The number of rotatable bonds is 15. The number of methoxy groups -OCH3 is 1. The van der Waals surface area contributed by atoms with E-state index in [2.05, 4.69) is 4.74 Å². The highest BCUT2D eigenvalue weighted by molar-refractivity contribution is 5.92. The molecule has 1 unspecified atom stereocenters. The highest BCUT2D eigenvalue weighted by atomic mass is 16.6. The molecule has 2 rings (SSSR count). The van der Waals surface area contributed by atoms with Crippen LogP contribution in [0.5, 0.6) is 11.5 Å². The van der Waals surface area contributed by atoms with Gasteiger partial charge in [0.05, 0.1) is 50.6 Å². The third kappa shape index (κ3) is 10.2. The average molecular weight is 489 g/mol. The van der Waals surface area contributed by atoms with Crippen molar-refractivity contribution in [1.82, 2.24) is 0 Å². The van der Waals surface area contributed by atoms with Crippen molar-refractivity contribution >= 4 is 17.9 Å². The zero-order valence-corrected chi connectivity index (χ0v) is 20.3. The maximum atomic E-state index is 12.3. The largest absolute Gasteiger partial charge is 0.491 e. The second kappa shape index (κ2) is 15.5. The lowest BCUT2D eigenvalue weighted by molar-refractivity contribution is -0.149. The van der Waals surface area contributed by atoms with E-state index < -0.39 is 11.9 Å². The van der Waals surface area contributed by atoms with Crippen LogP contribution in [0.3, 0.4) is 0 Å². The predicted molar refractivity (Wildman–Crippen MR) is 127 cm³/mol. The first-order chi connectivity index (χ1) is 16.9. The smallest absolute Gasteiger partial charge is 0.343 e. The van der Waals surface area contributed by atoms with Gasteiger partial charge in [0.2, 0.25) is 0 Å². The minimum absolute atomic E-state index is 0.0955. The first-order valence-electron chi connectivity index (χ1n) is 11.4. The van der Waals surface area contributed by atoms with Gasteiger partial charge < -0.3 is 28.4 Å². The van der Waals surface area contributed by atoms with Crippen LogP contribution in [0.4, 0.5) is 0 Å². The Morgan fingerprint density at radius 3 is 1.80 bits per heavy atom. The van der Waals surface area contributed by atoms with E-state index in [0.717, 1.165) is 6.42 Å². The number of esters is 3. The maximum absolute atomic E-state index is 12.3. The second-order valence-corrected chi connectivity index (χ2v) is 7.48. The Balaban J connectivity index is 1.58. The van der Waals surface area contributed by atoms with Gasteiger partial charge in [0.15, 0.2) is 0 Å². The molecule has 0 fully saturated rings. The zero-order valence-electron chi connectivity index (χ0n) is 20.3. The lowest BCUT2D eigenvalue weighted by Crippen LogP contribution is -2.18. The van der Waals surface area contributed by atoms with Crippen LogP contribution in [0.2, 0.25) is 0 Å². The van der Waals surface area contributed by atoms with Gasteiger partial charge in [0.25, 0.3) is 0 Å². The van der Waals surface area contributed by atoms with Crippen molar-refractivity contribution in [2.45, 2.75) is 20.3 Å². The number of hydrogen-bond acceptors (Lipinski definition) is 9. The van der Waals surface area contributed by atoms with Crippen molar-refractivity contribution < 1.29 is 42.8 Å². The van der Waals surface area contributed by atoms with Gasteiger partial charge in [-0.15, -0.1) is 0 Å². The molecular formula is C26H32O9. The number of carbonyl (C=O) groups excluding carboxylic acids is 3. The number of benzene rings is 2. The van der Waals surface area contributed by atoms with E-state index >= 15 is 0 Å². The summed E-state index contributed by atoms with van der Waals surface area (Å²) in [5.41, 5.74) is 0.725. The maximum Gasteiger partial charge on any atom is 0.343 e. The Kier molecular flexibility index (Phi) is 12.3.